The van der Waals surface area contributed by atoms with Gasteiger partial charge in [0.1, 0.15) is 5.54 Å². The summed E-state index contributed by atoms with van der Waals surface area (Å²) in [6.07, 6.45) is 0.0875. The zero-order valence-corrected chi connectivity index (χ0v) is 22.0. The van der Waals surface area contributed by atoms with Gasteiger partial charge in [-0.25, -0.2) is 8.42 Å². The lowest BCUT2D eigenvalue weighted by Crippen LogP contribution is -2.70. The van der Waals surface area contributed by atoms with Gasteiger partial charge in [0.2, 0.25) is 15.9 Å². The van der Waals surface area contributed by atoms with Crippen LogP contribution >= 0.6 is 11.3 Å². The van der Waals surface area contributed by atoms with Gasteiger partial charge in [-0.15, -0.1) is 11.3 Å². The van der Waals surface area contributed by atoms with Gasteiger partial charge in [-0.05, 0) is 46.8 Å². The first kappa shape index (κ1) is 25.1. The van der Waals surface area contributed by atoms with Crippen molar-refractivity contribution in [2.24, 2.45) is 5.73 Å². The number of piperazine rings is 1. The number of amides is 2. The number of hydrogen-bond acceptors (Lipinski definition) is 5. The second kappa shape index (κ2) is 9.74. The monoisotopic (exact) mass is 533 g/mol. The van der Waals surface area contributed by atoms with Crippen molar-refractivity contribution in [3.63, 3.8) is 0 Å². The van der Waals surface area contributed by atoms with E-state index in [0.717, 1.165) is 21.9 Å². The Hall–Kier alpha value is -3.53. The van der Waals surface area contributed by atoms with Crippen LogP contribution in [0.2, 0.25) is 0 Å². The molecule has 1 saturated heterocycles. The Morgan fingerprint density at radius 1 is 0.946 bits per heavy atom. The fourth-order valence-corrected chi connectivity index (χ4v) is 7.07. The Labute approximate surface area is 220 Å². The number of nitrogens with two attached hydrogens (primary N) is 1. The minimum atomic E-state index is -3.92. The van der Waals surface area contributed by atoms with Crippen LogP contribution in [-0.4, -0.2) is 54.6 Å². The number of aryl methyl sites for hydroxylation is 1. The van der Waals surface area contributed by atoms with E-state index in [9.17, 15) is 18.0 Å². The molecule has 9 heteroatoms. The summed E-state index contributed by atoms with van der Waals surface area (Å²) in [6, 6.07) is 23.7. The van der Waals surface area contributed by atoms with Gasteiger partial charge in [0, 0.05) is 26.1 Å². The van der Waals surface area contributed by atoms with Crippen molar-refractivity contribution in [3.05, 3.63) is 100 Å². The van der Waals surface area contributed by atoms with Crippen LogP contribution in [0, 0.1) is 6.92 Å². The molecule has 1 atom stereocenters. The highest BCUT2D eigenvalue weighted by Gasteiger charge is 2.51. The molecule has 1 fully saturated rings. The molecule has 190 valence electrons. The Morgan fingerprint density at radius 3 is 2.35 bits per heavy atom. The van der Waals surface area contributed by atoms with Crippen molar-refractivity contribution in [3.8, 4) is 0 Å². The predicted octanol–water partition coefficient (Wildman–Crippen LogP) is 3.82. The molecule has 0 saturated carbocycles. The number of primary amides is 1. The first-order valence-electron chi connectivity index (χ1n) is 11.9. The molecule has 0 aliphatic carbocycles. The zero-order chi connectivity index (χ0) is 26.2. The van der Waals surface area contributed by atoms with E-state index in [1.165, 1.54) is 20.5 Å². The van der Waals surface area contributed by atoms with Crippen molar-refractivity contribution in [1.29, 1.82) is 0 Å². The fraction of sp³-hybridized carbons (Fsp3) is 0.214. The first-order chi connectivity index (χ1) is 17.7. The lowest BCUT2D eigenvalue weighted by Gasteiger charge is -2.48. The third-order valence-electron chi connectivity index (χ3n) is 6.93. The molecule has 4 aromatic rings. The molecule has 1 aliphatic rings. The summed E-state index contributed by atoms with van der Waals surface area (Å²) in [4.78, 5) is 29.0. The van der Waals surface area contributed by atoms with Gasteiger partial charge >= 0.3 is 0 Å². The standard InChI is InChI=1S/C28H27N3O4S2/c1-20-8-12-24(13-9-20)37(34,35)30-14-15-31(26(32)25-7-4-16-36-25)28(19-30,27(29)33)18-21-10-11-22-5-2-3-6-23(22)17-21/h2-13,16-17H,14-15,18-19H2,1H3,(H2,29,33). The van der Waals surface area contributed by atoms with Gasteiger partial charge in [-0.1, -0.05) is 66.2 Å². The lowest BCUT2D eigenvalue weighted by molar-refractivity contribution is -0.131. The summed E-state index contributed by atoms with van der Waals surface area (Å²) in [5.41, 5.74) is 6.21. The maximum atomic E-state index is 13.6. The Kier molecular flexibility index (Phi) is 6.61. The predicted molar refractivity (Wildman–Crippen MR) is 145 cm³/mol. The number of sulfonamides is 1. The average molecular weight is 534 g/mol. The molecule has 5 rings (SSSR count). The summed E-state index contributed by atoms with van der Waals surface area (Å²) in [5, 5.41) is 3.81. The van der Waals surface area contributed by atoms with Gasteiger partial charge in [0.05, 0.1) is 9.77 Å². The van der Waals surface area contributed by atoms with Crippen LogP contribution in [0.15, 0.2) is 89.1 Å². The van der Waals surface area contributed by atoms with E-state index in [0.29, 0.717) is 4.88 Å². The number of carbonyl (C=O) groups is 2. The third-order valence-corrected chi connectivity index (χ3v) is 9.65. The van der Waals surface area contributed by atoms with E-state index in [4.69, 9.17) is 5.73 Å². The molecule has 1 aromatic heterocycles. The molecule has 0 spiro atoms. The summed E-state index contributed by atoms with van der Waals surface area (Å²) < 4.78 is 28.5. The van der Waals surface area contributed by atoms with Crippen molar-refractivity contribution in [2.75, 3.05) is 19.6 Å². The van der Waals surface area contributed by atoms with Gasteiger partial charge < -0.3 is 10.6 Å². The molecule has 7 nitrogen and oxygen atoms in total. The van der Waals surface area contributed by atoms with E-state index in [2.05, 4.69) is 0 Å². The van der Waals surface area contributed by atoms with Crippen LogP contribution in [0.4, 0.5) is 0 Å². The second-order valence-corrected chi connectivity index (χ2v) is 12.2. The van der Waals surface area contributed by atoms with Crippen LogP contribution in [0.1, 0.15) is 20.8 Å². The topological polar surface area (TPSA) is 101 Å². The molecule has 2 amide bonds. The van der Waals surface area contributed by atoms with E-state index in [1.54, 1.807) is 41.8 Å². The molecule has 1 unspecified atom stereocenters. The number of thiophene rings is 1. The van der Waals surface area contributed by atoms with E-state index >= 15 is 0 Å². The minimum absolute atomic E-state index is 0.0400. The number of benzene rings is 3. The summed E-state index contributed by atoms with van der Waals surface area (Å²) in [5.74, 6) is -1.07. The van der Waals surface area contributed by atoms with Gasteiger partial charge in [0.25, 0.3) is 5.91 Å². The van der Waals surface area contributed by atoms with Gasteiger partial charge in [0.15, 0.2) is 0 Å². The van der Waals surface area contributed by atoms with Crippen molar-refractivity contribution in [2.45, 2.75) is 23.8 Å². The highest BCUT2D eigenvalue weighted by molar-refractivity contribution is 7.89. The molecule has 3 aromatic carbocycles. The van der Waals surface area contributed by atoms with Crippen LogP contribution in [-0.2, 0) is 21.2 Å². The molecule has 2 N–H and O–H groups in total. The Bertz CT molecular complexity index is 1570. The number of hydrogen-bond donors (Lipinski definition) is 1. The minimum Gasteiger partial charge on any atom is -0.368 e. The summed E-state index contributed by atoms with van der Waals surface area (Å²) in [6.45, 7) is 1.74. The summed E-state index contributed by atoms with van der Waals surface area (Å²) >= 11 is 1.27. The molecular formula is C28H27N3O4S2. The third kappa shape index (κ3) is 4.66. The van der Waals surface area contributed by atoms with E-state index in [1.807, 2.05) is 49.4 Å². The SMILES string of the molecule is Cc1ccc(S(=O)(=O)N2CCN(C(=O)c3cccs3)C(Cc3ccc4ccccc4c3)(C(N)=O)C2)cc1. The molecule has 2 heterocycles. The molecule has 0 bridgehead atoms. The maximum Gasteiger partial charge on any atom is 0.264 e. The van der Waals surface area contributed by atoms with Crippen molar-refractivity contribution < 1.29 is 18.0 Å². The quantitative estimate of drug-likeness (QED) is 0.407. The Morgan fingerprint density at radius 2 is 1.68 bits per heavy atom. The number of fused-ring (bicyclic) bond motifs is 1. The average Bonchev–Trinajstić information content (AvgIpc) is 3.43. The van der Waals surface area contributed by atoms with E-state index in [-0.39, 0.29) is 36.9 Å². The van der Waals surface area contributed by atoms with Gasteiger partial charge in [-0.2, -0.15) is 4.31 Å². The van der Waals surface area contributed by atoms with Crippen LogP contribution in [0.25, 0.3) is 10.8 Å². The van der Waals surface area contributed by atoms with Crippen LogP contribution in [0.3, 0.4) is 0 Å². The van der Waals surface area contributed by atoms with Crippen LogP contribution < -0.4 is 5.73 Å². The van der Waals surface area contributed by atoms with Crippen molar-refractivity contribution in [1.82, 2.24) is 9.21 Å². The van der Waals surface area contributed by atoms with Gasteiger partial charge in [-0.3, -0.25) is 9.59 Å². The van der Waals surface area contributed by atoms with Crippen LogP contribution in [0.5, 0.6) is 0 Å². The highest BCUT2D eigenvalue weighted by atomic mass is 32.2. The number of carbonyl (C=O) groups excluding carboxylic acids is 2. The normalized spacial score (nSPS) is 18.7. The first-order valence-corrected chi connectivity index (χ1v) is 14.2. The molecule has 37 heavy (non-hydrogen) atoms. The number of nitrogens with zero attached hydrogens (tertiary/aromatic N) is 2. The molecule has 1 aliphatic heterocycles. The lowest BCUT2D eigenvalue weighted by atomic mass is 9.85. The zero-order valence-electron chi connectivity index (χ0n) is 20.3. The highest BCUT2D eigenvalue weighted by Crippen LogP contribution is 2.33. The Balaban J connectivity index is 1.59. The molecular weight excluding hydrogens is 506 g/mol. The number of rotatable bonds is 6. The maximum absolute atomic E-state index is 13.6. The van der Waals surface area contributed by atoms with Crippen molar-refractivity contribution >= 4 is 43.9 Å². The molecule has 0 radical (unpaired) electrons. The fourth-order valence-electron chi connectivity index (χ4n) is 4.91. The van der Waals surface area contributed by atoms with E-state index < -0.39 is 21.5 Å². The smallest absolute Gasteiger partial charge is 0.264 e. The summed E-state index contributed by atoms with van der Waals surface area (Å²) in [7, 11) is -3.92. The largest absolute Gasteiger partial charge is 0.368 e. The second-order valence-electron chi connectivity index (χ2n) is 9.34.